The fourth-order valence-electron chi connectivity index (χ4n) is 2.92. The van der Waals surface area contributed by atoms with Crippen molar-refractivity contribution >= 4 is 45.4 Å². The van der Waals surface area contributed by atoms with Crippen molar-refractivity contribution in [2.75, 3.05) is 18.5 Å². The van der Waals surface area contributed by atoms with Crippen LogP contribution in [-0.4, -0.2) is 41.9 Å². The third-order valence-electron chi connectivity index (χ3n) is 4.03. The van der Waals surface area contributed by atoms with Crippen molar-refractivity contribution in [2.45, 2.75) is 45.8 Å². The van der Waals surface area contributed by atoms with Gasteiger partial charge in [0, 0.05) is 10.6 Å². The molecular formula is C21H25BrClNO5. The molecule has 1 aromatic rings. The van der Waals surface area contributed by atoms with E-state index in [1.807, 2.05) is 20.8 Å². The van der Waals surface area contributed by atoms with Crippen LogP contribution in [-0.2, 0) is 29.4 Å². The maximum Gasteiger partial charge on any atom is 0.344 e. The average molecular weight is 487 g/mol. The van der Waals surface area contributed by atoms with Gasteiger partial charge >= 0.3 is 11.9 Å². The molecule has 1 aliphatic heterocycles. The average Bonchev–Trinajstić information content (AvgIpc) is 2.96. The standard InChI is InChI=1S/C21H25BrClNO5/c1-6-27-18(25)15-16(19(26)28-7-2)21(12-22,13-8-10-14(23)11-9-13)29-17(15)24-20(3,4)5/h8-11H,6-7,12H2,1-5H3. The summed E-state index contributed by atoms with van der Waals surface area (Å²) in [5, 5.41) is 0.717. The fourth-order valence-corrected chi connectivity index (χ4v) is 3.76. The second-order valence-corrected chi connectivity index (χ2v) is 8.35. The Morgan fingerprint density at radius 2 is 1.66 bits per heavy atom. The van der Waals surface area contributed by atoms with Crippen molar-refractivity contribution in [3.05, 3.63) is 46.0 Å². The van der Waals surface area contributed by atoms with Gasteiger partial charge < -0.3 is 14.2 Å². The fraction of sp³-hybridized carbons (Fsp3) is 0.476. The molecule has 0 radical (unpaired) electrons. The highest BCUT2D eigenvalue weighted by Crippen LogP contribution is 2.45. The predicted octanol–water partition coefficient (Wildman–Crippen LogP) is 4.58. The summed E-state index contributed by atoms with van der Waals surface area (Å²) >= 11 is 9.50. The molecule has 8 heteroatoms. The third-order valence-corrected chi connectivity index (χ3v) is 5.08. The van der Waals surface area contributed by atoms with Crippen LogP contribution in [0.5, 0.6) is 0 Å². The number of alkyl halides is 1. The van der Waals surface area contributed by atoms with Gasteiger partial charge in [-0.15, -0.1) is 0 Å². The second-order valence-electron chi connectivity index (χ2n) is 7.35. The molecule has 6 nitrogen and oxygen atoms in total. The number of hydrogen-bond acceptors (Lipinski definition) is 6. The summed E-state index contributed by atoms with van der Waals surface area (Å²) in [5.41, 5.74) is -1.21. The molecule has 0 fully saturated rings. The zero-order valence-electron chi connectivity index (χ0n) is 17.2. The summed E-state index contributed by atoms with van der Waals surface area (Å²) in [7, 11) is 0. The lowest BCUT2D eigenvalue weighted by Gasteiger charge is -2.29. The van der Waals surface area contributed by atoms with Crippen LogP contribution in [0.3, 0.4) is 0 Å². The van der Waals surface area contributed by atoms with Gasteiger partial charge in [0.25, 0.3) is 0 Å². The van der Waals surface area contributed by atoms with Gasteiger partial charge in [0.15, 0.2) is 5.60 Å². The number of ether oxygens (including phenoxy) is 3. The Kier molecular flexibility index (Phi) is 7.51. The van der Waals surface area contributed by atoms with Gasteiger partial charge in [0.05, 0.1) is 24.1 Å². The minimum Gasteiger partial charge on any atom is -0.462 e. The topological polar surface area (TPSA) is 74.2 Å². The number of aliphatic imine (C=N–C) groups is 1. The molecule has 0 bridgehead atoms. The first-order chi connectivity index (χ1) is 13.6. The van der Waals surface area contributed by atoms with E-state index in [0.717, 1.165) is 0 Å². The molecule has 1 unspecified atom stereocenters. The van der Waals surface area contributed by atoms with Crippen LogP contribution in [0, 0.1) is 0 Å². The first-order valence-corrected chi connectivity index (χ1v) is 10.8. The quantitative estimate of drug-likeness (QED) is 0.435. The molecule has 0 saturated carbocycles. The zero-order valence-corrected chi connectivity index (χ0v) is 19.5. The normalized spacial score (nSPS) is 20.6. The molecule has 0 amide bonds. The van der Waals surface area contributed by atoms with Crippen LogP contribution < -0.4 is 0 Å². The highest BCUT2D eigenvalue weighted by molar-refractivity contribution is 9.09. The van der Waals surface area contributed by atoms with Crippen LogP contribution in [0.1, 0.15) is 40.2 Å². The molecule has 1 aliphatic rings. The lowest BCUT2D eigenvalue weighted by molar-refractivity contribution is -0.142. The molecule has 0 saturated heterocycles. The number of nitrogens with zero attached hydrogens (tertiary/aromatic N) is 1. The first-order valence-electron chi connectivity index (χ1n) is 9.29. The Balaban J connectivity index is 2.84. The summed E-state index contributed by atoms with van der Waals surface area (Å²) in [6.45, 7) is 9.27. The van der Waals surface area contributed by atoms with E-state index in [9.17, 15) is 9.59 Å². The summed E-state index contributed by atoms with van der Waals surface area (Å²) in [4.78, 5) is 30.4. The summed E-state index contributed by atoms with van der Waals surface area (Å²) in [6.07, 6.45) is 0. The van der Waals surface area contributed by atoms with Gasteiger partial charge in [-0.3, -0.25) is 0 Å². The number of carbonyl (C=O) groups excluding carboxylic acids is 2. The smallest absolute Gasteiger partial charge is 0.344 e. The Morgan fingerprint density at radius 1 is 1.10 bits per heavy atom. The Hall–Kier alpha value is -1.86. The van der Waals surface area contributed by atoms with Gasteiger partial charge in [-0.05, 0) is 46.8 Å². The molecular weight excluding hydrogens is 462 g/mol. The number of rotatable bonds is 6. The van der Waals surface area contributed by atoms with Crippen LogP contribution in [0.15, 0.2) is 40.4 Å². The van der Waals surface area contributed by atoms with E-state index < -0.39 is 23.1 Å². The predicted molar refractivity (Wildman–Crippen MR) is 115 cm³/mol. The van der Waals surface area contributed by atoms with Crippen LogP contribution in [0.25, 0.3) is 0 Å². The molecule has 1 aromatic carbocycles. The summed E-state index contributed by atoms with van der Waals surface area (Å²) in [5.74, 6) is -1.30. The minimum absolute atomic E-state index is 0.0189. The van der Waals surface area contributed by atoms with Crippen LogP contribution >= 0.6 is 27.5 Å². The van der Waals surface area contributed by atoms with Crippen molar-refractivity contribution < 1.29 is 23.8 Å². The molecule has 158 valence electrons. The van der Waals surface area contributed by atoms with E-state index in [4.69, 9.17) is 25.8 Å². The molecule has 2 rings (SSSR count). The monoisotopic (exact) mass is 485 g/mol. The van der Waals surface area contributed by atoms with Crippen LogP contribution in [0.2, 0.25) is 5.02 Å². The first kappa shape index (κ1) is 23.4. The Bertz CT molecular complexity index is 842. The molecule has 0 N–H and O–H groups in total. The van der Waals surface area contributed by atoms with Crippen molar-refractivity contribution in [1.29, 1.82) is 0 Å². The van der Waals surface area contributed by atoms with Crippen molar-refractivity contribution in [1.82, 2.24) is 0 Å². The molecule has 0 aromatic heterocycles. The summed E-state index contributed by atoms with van der Waals surface area (Å²) in [6, 6.07) is 6.87. The lowest BCUT2D eigenvalue weighted by Crippen LogP contribution is -2.35. The maximum atomic E-state index is 13.0. The highest BCUT2D eigenvalue weighted by atomic mass is 79.9. The number of benzene rings is 1. The molecule has 0 aliphatic carbocycles. The van der Waals surface area contributed by atoms with Gasteiger partial charge in [-0.2, -0.15) is 0 Å². The largest absolute Gasteiger partial charge is 0.462 e. The van der Waals surface area contributed by atoms with Gasteiger partial charge in [-0.1, -0.05) is 39.7 Å². The van der Waals surface area contributed by atoms with E-state index >= 15 is 0 Å². The Labute approximate surface area is 184 Å². The number of hydrogen-bond donors (Lipinski definition) is 0. The van der Waals surface area contributed by atoms with E-state index in [2.05, 4.69) is 20.9 Å². The zero-order chi connectivity index (χ0) is 21.8. The van der Waals surface area contributed by atoms with Crippen LogP contribution in [0.4, 0.5) is 0 Å². The molecule has 1 atom stereocenters. The number of halogens is 2. The van der Waals surface area contributed by atoms with Gasteiger partial charge in [0.1, 0.15) is 11.1 Å². The van der Waals surface area contributed by atoms with Gasteiger partial charge in [0.2, 0.25) is 5.90 Å². The van der Waals surface area contributed by atoms with E-state index in [1.54, 1.807) is 38.1 Å². The van der Waals surface area contributed by atoms with Crippen molar-refractivity contribution in [2.24, 2.45) is 4.99 Å². The van der Waals surface area contributed by atoms with Gasteiger partial charge in [-0.25, -0.2) is 14.6 Å². The molecule has 29 heavy (non-hydrogen) atoms. The van der Waals surface area contributed by atoms with E-state index in [0.29, 0.717) is 10.6 Å². The third kappa shape index (κ3) is 5.01. The number of carbonyl (C=O) groups is 2. The summed E-state index contributed by atoms with van der Waals surface area (Å²) < 4.78 is 16.7. The SMILES string of the molecule is CCOC(=O)C1=C(C(=O)OCC)C(CBr)(c2ccc(Cl)cc2)OC1=NC(C)(C)C. The lowest BCUT2D eigenvalue weighted by atomic mass is 9.86. The Morgan fingerprint density at radius 3 is 2.14 bits per heavy atom. The molecule has 1 heterocycles. The molecule has 0 spiro atoms. The van der Waals surface area contributed by atoms with E-state index in [-0.39, 0.29) is 35.6 Å². The minimum atomic E-state index is -1.32. The highest BCUT2D eigenvalue weighted by Gasteiger charge is 2.53. The van der Waals surface area contributed by atoms with Crippen molar-refractivity contribution in [3.63, 3.8) is 0 Å². The maximum absolute atomic E-state index is 13.0. The second kappa shape index (κ2) is 9.30. The van der Waals surface area contributed by atoms with E-state index in [1.165, 1.54) is 0 Å². The van der Waals surface area contributed by atoms with Crippen molar-refractivity contribution in [3.8, 4) is 0 Å². The number of esters is 2.